The molecule has 30 heavy (non-hydrogen) atoms. The zero-order chi connectivity index (χ0) is 20.5. The van der Waals surface area contributed by atoms with Crippen molar-refractivity contribution < 1.29 is 9.53 Å². The summed E-state index contributed by atoms with van der Waals surface area (Å²) in [5.41, 5.74) is 8.52. The number of aromatic nitrogens is 3. The predicted octanol–water partition coefficient (Wildman–Crippen LogP) is 2.80. The van der Waals surface area contributed by atoms with E-state index in [0.29, 0.717) is 6.54 Å². The molecule has 1 amide bonds. The predicted molar refractivity (Wildman–Crippen MR) is 114 cm³/mol. The van der Waals surface area contributed by atoms with E-state index in [9.17, 15) is 4.79 Å². The second kappa shape index (κ2) is 7.95. The summed E-state index contributed by atoms with van der Waals surface area (Å²) >= 11 is 0. The molecular weight excluding hydrogens is 380 g/mol. The van der Waals surface area contributed by atoms with E-state index < -0.39 is 0 Å². The first-order chi connectivity index (χ1) is 14.7. The lowest BCUT2D eigenvalue weighted by molar-refractivity contribution is 0.0673. The molecule has 2 aliphatic rings. The number of nitrogens with zero attached hydrogens (tertiary/aromatic N) is 4. The summed E-state index contributed by atoms with van der Waals surface area (Å²) in [6.07, 6.45) is 6.18. The number of fused-ring (bicyclic) bond motifs is 2. The van der Waals surface area contributed by atoms with E-state index in [2.05, 4.69) is 19.9 Å². The Morgan fingerprint density at radius 2 is 1.93 bits per heavy atom. The Bertz CT molecular complexity index is 1030. The zero-order valence-electron chi connectivity index (χ0n) is 16.8. The highest BCUT2D eigenvalue weighted by Crippen LogP contribution is 2.36. The first kappa shape index (κ1) is 18.9. The van der Waals surface area contributed by atoms with Crippen LogP contribution < -0.4 is 10.6 Å². The van der Waals surface area contributed by atoms with Gasteiger partial charge >= 0.3 is 6.09 Å². The Balaban J connectivity index is 1.28. The number of hydrogen-bond donors (Lipinski definition) is 2. The molecule has 0 saturated carbocycles. The Morgan fingerprint density at radius 3 is 2.77 bits per heavy atom. The van der Waals surface area contributed by atoms with Gasteiger partial charge in [-0.2, -0.15) is 0 Å². The van der Waals surface area contributed by atoms with E-state index in [1.807, 2.05) is 41.4 Å². The highest BCUT2D eigenvalue weighted by molar-refractivity contribution is 5.87. The molecule has 1 aromatic carbocycles. The SMILES string of the molecule is NCc1ccc(COC(=O)N2CCC[C@@H]3[C@H]2CCN3c2ncnc3[nH]ccc23)cc1. The number of carbonyl (C=O) groups is 1. The van der Waals surface area contributed by atoms with Gasteiger partial charge in [0.1, 0.15) is 24.4 Å². The summed E-state index contributed by atoms with van der Waals surface area (Å²) in [4.78, 5) is 29.2. The van der Waals surface area contributed by atoms with E-state index in [1.54, 1.807) is 6.33 Å². The lowest BCUT2D eigenvalue weighted by atomic mass is 9.97. The van der Waals surface area contributed by atoms with Crippen molar-refractivity contribution in [2.24, 2.45) is 5.73 Å². The van der Waals surface area contributed by atoms with Gasteiger partial charge in [-0.3, -0.25) is 0 Å². The van der Waals surface area contributed by atoms with E-state index in [4.69, 9.17) is 10.5 Å². The van der Waals surface area contributed by atoms with Crippen molar-refractivity contribution in [3.8, 4) is 0 Å². The van der Waals surface area contributed by atoms with Crippen LogP contribution in [0, 0.1) is 0 Å². The van der Waals surface area contributed by atoms with Crippen LogP contribution in [0.1, 0.15) is 30.4 Å². The molecule has 0 unspecified atom stereocenters. The number of H-pyrrole nitrogens is 1. The lowest BCUT2D eigenvalue weighted by Gasteiger charge is -2.39. The van der Waals surface area contributed by atoms with Crippen LogP contribution in [0.4, 0.5) is 10.6 Å². The Labute approximate surface area is 175 Å². The van der Waals surface area contributed by atoms with Gasteiger partial charge in [-0.15, -0.1) is 0 Å². The number of anilines is 1. The van der Waals surface area contributed by atoms with Crippen molar-refractivity contribution in [2.45, 2.75) is 44.5 Å². The normalized spacial score (nSPS) is 21.1. The molecule has 2 saturated heterocycles. The van der Waals surface area contributed by atoms with E-state index in [-0.39, 0.29) is 24.8 Å². The number of likely N-dealkylation sites (tertiary alicyclic amines) is 1. The van der Waals surface area contributed by atoms with Gasteiger partial charge in [-0.1, -0.05) is 24.3 Å². The Hall–Kier alpha value is -3.13. The molecule has 8 heteroatoms. The molecule has 2 aliphatic heterocycles. The smallest absolute Gasteiger partial charge is 0.410 e. The highest BCUT2D eigenvalue weighted by atomic mass is 16.6. The minimum atomic E-state index is -0.232. The van der Waals surface area contributed by atoms with Gasteiger partial charge in [0.2, 0.25) is 0 Å². The maximum absolute atomic E-state index is 12.9. The molecule has 3 aromatic rings. The fourth-order valence-corrected chi connectivity index (χ4v) is 4.76. The van der Waals surface area contributed by atoms with Crippen molar-refractivity contribution in [1.29, 1.82) is 0 Å². The van der Waals surface area contributed by atoms with Gasteiger partial charge in [0, 0.05) is 25.8 Å². The minimum absolute atomic E-state index is 0.148. The molecule has 156 valence electrons. The third kappa shape index (κ3) is 3.37. The number of nitrogens with one attached hydrogen (secondary N) is 1. The van der Waals surface area contributed by atoms with Crippen LogP contribution in [0.15, 0.2) is 42.9 Å². The zero-order valence-corrected chi connectivity index (χ0v) is 16.8. The second-order valence-electron chi connectivity index (χ2n) is 7.96. The van der Waals surface area contributed by atoms with Crippen LogP contribution in [-0.2, 0) is 17.9 Å². The van der Waals surface area contributed by atoms with Crippen molar-refractivity contribution >= 4 is 22.9 Å². The first-order valence-corrected chi connectivity index (χ1v) is 10.5. The molecule has 8 nitrogen and oxygen atoms in total. The molecule has 5 rings (SSSR count). The van der Waals surface area contributed by atoms with Crippen molar-refractivity contribution in [2.75, 3.05) is 18.0 Å². The number of carbonyl (C=O) groups excluding carboxylic acids is 1. The molecule has 4 heterocycles. The Morgan fingerprint density at radius 1 is 1.10 bits per heavy atom. The Kier molecular flexibility index (Phi) is 5.00. The number of piperidine rings is 1. The quantitative estimate of drug-likeness (QED) is 0.691. The number of ether oxygens (including phenoxy) is 1. The van der Waals surface area contributed by atoms with Crippen LogP contribution in [0.2, 0.25) is 0 Å². The standard InChI is InChI=1S/C22H26N6O2/c23-12-15-3-5-16(6-4-15)13-30-22(29)28-10-1-2-18-19(28)8-11-27(18)21-17-7-9-24-20(17)25-14-26-21/h3-7,9,14,18-19H,1-2,8,10-13,23H2,(H,24,25,26)/t18-,19-/m1/s1. The average Bonchev–Trinajstić information content (AvgIpc) is 3.44. The monoisotopic (exact) mass is 406 g/mol. The number of rotatable bonds is 4. The maximum atomic E-state index is 12.9. The van der Waals surface area contributed by atoms with E-state index in [1.165, 1.54) is 0 Å². The number of benzene rings is 1. The minimum Gasteiger partial charge on any atom is -0.445 e. The van der Waals surface area contributed by atoms with Gasteiger partial charge < -0.3 is 25.3 Å². The molecule has 2 aromatic heterocycles. The molecule has 0 spiro atoms. The van der Waals surface area contributed by atoms with Gasteiger partial charge in [0.25, 0.3) is 0 Å². The van der Waals surface area contributed by atoms with Crippen LogP contribution in [-0.4, -0.2) is 51.1 Å². The molecule has 2 fully saturated rings. The maximum Gasteiger partial charge on any atom is 0.410 e. The molecule has 3 N–H and O–H groups in total. The number of nitrogens with two attached hydrogens (primary N) is 1. The van der Waals surface area contributed by atoms with Crippen molar-refractivity contribution in [1.82, 2.24) is 19.9 Å². The van der Waals surface area contributed by atoms with Crippen molar-refractivity contribution in [3.63, 3.8) is 0 Å². The first-order valence-electron chi connectivity index (χ1n) is 10.5. The summed E-state index contributed by atoms with van der Waals surface area (Å²) in [6, 6.07) is 10.3. The van der Waals surface area contributed by atoms with Crippen LogP contribution in [0.25, 0.3) is 11.0 Å². The number of amides is 1. The largest absolute Gasteiger partial charge is 0.445 e. The summed E-state index contributed by atoms with van der Waals surface area (Å²) in [7, 11) is 0. The van der Waals surface area contributed by atoms with Crippen LogP contribution >= 0.6 is 0 Å². The van der Waals surface area contributed by atoms with Crippen molar-refractivity contribution in [3.05, 3.63) is 54.0 Å². The molecule has 0 aliphatic carbocycles. The summed E-state index contributed by atoms with van der Waals surface area (Å²) < 4.78 is 5.65. The van der Waals surface area contributed by atoms with E-state index >= 15 is 0 Å². The third-order valence-corrected chi connectivity index (χ3v) is 6.27. The second-order valence-corrected chi connectivity index (χ2v) is 7.96. The summed E-state index contributed by atoms with van der Waals surface area (Å²) in [5, 5.41) is 1.03. The molecule has 0 bridgehead atoms. The average molecular weight is 406 g/mol. The summed E-state index contributed by atoms with van der Waals surface area (Å²) in [6.45, 7) is 2.40. The van der Waals surface area contributed by atoms with Gasteiger partial charge in [-0.05, 0) is 36.5 Å². The topological polar surface area (TPSA) is 100 Å². The van der Waals surface area contributed by atoms with E-state index in [0.717, 1.165) is 60.3 Å². The molecule has 0 radical (unpaired) electrons. The van der Waals surface area contributed by atoms with Gasteiger partial charge in [0.05, 0.1) is 17.5 Å². The molecule has 2 atom stereocenters. The lowest BCUT2D eigenvalue weighted by Crippen LogP contribution is -2.52. The highest BCUT2D eigenvalue weighted by Gasteiger charge is 2.43. The fourth-order valence-electron chi connectivity index (χ4n) is 4.76. The fraction of sp³-hybridized carbons (Fsp3) is 0.409. The van der Waals surface area contributed by atoms with Crippen LogP contribution in [0.3, 0.4) is 0 Å². The summed E-state index contributed by atoms with van der Waals surface area (Å²) in [5.74, 6) is 0.948. The van der Waals surface area contributed by atoms with Crippen LogP contribution in [0.5, 0.6) is 0 Å². The molecular formula is C22H26N6O2. The van der Waals surface area contributed by atoms with Gasteiger partial charge in [0.15, 0.2) is 0 Å². The third-order valence-electron chi connectivity index (χ3n) is 6.27. The number of hydrogen-bond acceptors (Lipinski definition) is 6. The van der Waals surface area contributed by atoms with Gasteiger partial charge in [-0.25, -0.2) is 14.8 Å². The number of aromatic amines is 1.